The third-order valence-electron chi connectivity index (χ3n) is 2.99. The Bertz CT molecular complexity index is 406. The Morgan fingerprint density at radius 2 is 2.05 bits per heavy atom. The summed E-state index contributed by atoms with van der Waals surface area (Å²) in [7, 11) is 0. The van der Waals surface area contributed by atoms with Crippen LogP contribution in [0.2, 0.25) is 0 Å². The zero-order valence-electron chi connectivity index (χ0n) is 12.9. The third-order valence-corrected chi connectivity index (χ3v) is 2.99. The van der Waals surface area contributed by atoms with Crippen LogP contribution < -0.4 is 0 Å². The fourth-order valence-corrected chi connectivity index (χ4v) is 1.74. The van der Waals surface area contributed by atoms with E-state index < -0.39 is 0 Å². The fourth-order valence-electron chi connectivity index (χ4n) is 1.74. The molecule has 0 aromatic rings. The van der Waals surface area contributed by atoms with Gasteiger partial charge in [-0.2, -0.15) is 30.4 Å². The number of ether oxygens (including phenoxy) is 1. The van der Waals surface area contributed by atoms with Crippen molar-refractivity contribution in [3.05, 3.63) is 36.0 Å². The molecule has 0 aromatic heterocycles. The Labute approximate surface area is 149 Å². The van der Waals surface area contributed by atoms with Crippen LogP contribution in [0.1, 0.15) is 20.8 Å². The van der Waals surface area contributed by atoms with Gasteiger partial charge in [-0.1, -0.05) is 32.3 Å². The van der Waals surface area contributed by atoms with Crippen LogP contribution in [0, 0.1) is 23.8 Å². The average Bonchev–Trinajstić information content (AvgIpc) is 2.40. The van der Waals surface area contributed by atoms with E-state index >= 15 is 0 Å². The molecule has 0 amide bonds. The molecular weight excluding hydrogens is 323 g/mol. The molecule has 0 aliphatic carbocycles. The van der Waals surface area contributed by atoms with Gasteiger partial charge >= 0.3 is 0 Å². The summed E-state index contributed by atoms with van der Waals surface area (Å²) in [6, 6.07) is 0. The fraction of sp³-hybridized carbons (Fsp3) is 0.529. The molecule has 107 valence electrons. The number of nitrogens with zero attached hydrogens (tertiary/aromatic N) is 1. The first-order valence-corrected chi connectivity index (χ1v) is 6.85. The van der Waals surface area contributed by atoms with Crippen molar-refractivity contribution in [3.8, 4) is 11.8 Å². The van der Waals surface area contributed by atoms with Gasteiger partial charge in [0.25, 0.3) is 0 Å². The van der Waals surface area contributed by atoms with Gasteiger partial charge in [0, 0.05) is 45.8 Å². The Balaban J connectivity index is 0.00000361. The van der Waals surface area contributed by atoms with Crippen molar-refractivity contribution in [1.29, 1.82) is 0 Å². The van der Waals surface area contributed by atoms with Crippen LogP contribution in [-0.2, 0) is 37.4 Å². The smallest absolute Gasteiger partial charge is 0.0595 e. The molecule has 1 fully saturated rings. The van der Waals surface area contributed by atoms with E-state index in [1.165, 1.54) is 0 Å². The maximum atomic E-state index is 5.30. The van der Waals surface area contributed by atoms with Gasteiger partial charge < -0.3 is 4.74 Å². The van der Waals surface area contributed by atoms with Gasteiger partial charge in [-0.15, -0.1) is 5.92 Å². The van der Waals surface area contributed by atoms with E-state index in [1.54, 1.807) is 0 Å². The molecule has 1 saturated heterocycles. The molecule has 0 aromatic carbocycles. The summed E-state index contributed by atoms with van der Waals surface area (Å²) in [5, 5.41) is 0. The molecule has 0 saturated carbocycles. The molecule has 0 bridgehead atoms. The molecule has 1 radical (unpaired) electrons. The van der Waals surface area contributed by atoms with Gasteiger partial charge in [-0.25, -0.2) is 0 Å². The zero-order valence-corrected chi connectivity index (χ0v) is 15.7. The number of allylic oxidation sites excluding steroid dienone is 5. The van der Waals surface area contributed by atoms with Gasteiger partial charge in [0.05, 0.1) is 19.8 Å². The minimum Gasteiger partial charge on any atom is -0.379 e. The van der Waals surface area contributed by atoms with Gasteiger partial charge in [0.1, 0.15) is 0 Å². The predicted octanol–water partition coefficient (Wildman–Crippen LogP) is 2.84. The van der Waals surface area contributed by atoms with Crippen molar-refractivity contribution in [2.75, 3.05) is 32.8 Å². The van der Waals surface area contributed by atoms with Crippen molar-refractivity contribution in [2.24, 2.45) is 5.92 Å². The van der Waals surface area contributed by atoms with Crippen LogP contribution in [0.5, 0.6) is 0 Å². The molecular formula is C17H24NOY-. The molecule has 0 spiro atoms. The van der Waals surface area contributed by atoms with Crippen molar-refractivity contribution in [1.82, 2.24) is 4.90 Å². The summed E-state index contributed by atoms with van der Waals surface area (Å²) in [4.78, 5) is 2.31. The zero-order chi connectivity index (χ0) is 14.1. The van der Waals surface area contributed by atoms with E-state index in [2.05, 4.69) is 43.2 Å². The largest absolute Gasteiger partial charge is 0.379 e. The second-order valence-corrected chi connectivity index (χ2v) is 4.98. The first kappa shape index (κ1) is 19.8. The number of hydrogen-bond donors (Lipinski definition) is 0. The van der Waals surface area contributed by atoms with Crippen LogP contribution in [0.4, 0.5) is 0 Å². The van der Waals surface area contributed by atoms with Crippen molar-refractivity contribution >= 4 is 0 Å². The van der Waals surface area contributed by atoms with Crippen molar-refractivity contribution in [3.63, 3.8) is 0 Å². The maximum Gasteiger partial charge on any atom is 0.0595 e. The van der Waals surface area contributed by atoms with E-state index in [1.807, 2.05) is 19.1 Å². The van der Waals surface area contributed by atoms with E-state index in [4.69, 9.17) is 4.74 Å². The SMILES string of the molecule is C=CC(=[C-]/C=C(\C)C#CCN1CCOCC1)C(C)C.[Y]. The summed E-state index contributed by atoms with van der Waals surface area (Å²) >= 11 is 0. The van der Waals surface area contributed by atoms with Crippen LogP contribution in [0.25, 0.3) is 0 Å². The van der Waals surface area contributed by atoms with Crippen molar-refractivity contribution < 1.29 is 37.4 Å². The first-order chi connectivity index (χ1) is 9.13. The summed E-state index contributed by atoms with van der Waals surface area (Å²) < 4.78 is 5.30. The summed E-state index contributed by atoms with van der Waals surface area (Å²) in [5.41, 5.74) is 2.16. The minimum atomic E-state index is 0. The molecule has 0 atom stereocenters. The van der Waals surface area contributed by atoms with Gasteiger partial charge in [-0.3, -0.25) is 4.90 Å². The minimum absolute atomic E-state index is 0. The average molecular weight is 347 g/mol. The van der Waals surface area contributed by atoms with Crippen LogP contribution in [0.3, 0.4) is 0 Å². The molecule has 2 nitrogen and oxygen atoms in total. The summed E-state index contributed by atoms with van der Waals surface area (Å²) in [6.07, 6.45) is 7.06. The summed E-state index contributed by atoms with van der Waals surface area (Å²) in [6.45, 7) is 14.5. The Hall–Kier alpha value is -0.196. The second kappa shape index (κ2) is 11.5. The number of hydrogen-bond acceptors (Lipinski definition) is 2. The van der Waals surface area contributed by atoms with Crippen molar-refractivity contribution in [2.45, 2.75) is 20.8 Å². The topological polar surface area (TPSA) is 12.5 Å². The first-order valence-electron chi connectivity index (χ1n) is 6.85. The Morgan fingerprint density at radius 1 is 1.40 bits per heavy atom. The van der Waals surface area contributed by atoms with Gasteiger partial charge in [0.15, 0.2) is 0 Å². The second-order valence-electron chi connectivity index (χ2n) is 4.98. The molecule has 3 heteroatoms. The third kappa shape index (κ3) is 8.17. The molecule has 1 rings (SSSR count). The Morgan fingerprint density at radius 3 is 2.60 bits per heavy atom. The monoisotopic (exact) mass is 347 g/mol. The molecule has 20 heavy (non-hydrogen) atoms. The van der Waals surface area contributed by atoms with E-state index in [0.717, 1.165) is 44.0 Å². The molecule has 0 N–H and O–H groups in total. The normalized spacial score (nSPS) is 17.2. The van der Waals surface area contributed by atoms with Gasteiger partial charge in [-0.05, 0) is 5.92 Å². The quantitative estimate of drug-likeness (QED) is 0.441. The number of rotatable bonds is 4. The maximum absolute atomic E-state index is 5.30. The Kier molecular flexibility index (Phi) is 11.3. The van der Waals surface area contributed by atoms with E-state index in [9.17, 15) is 0 Å². The summed E-state index contributed by atoms with van der Waals surface area (Å²) in [5.74, 6) is 6.82. The molecule has 0 unspecified atom stereocenters. The number of morpholine rings is 1. The van der Waals surface area contributed by atoms with Gasteiger partial charge in [0.2, 0.25) is 0 Å². The van der Waals surface area contributed by atoms with E-state index in [0.29, 0.717) is 5.92 Å². The van der Waals surface area contributed by atoms with E-state index in [-0.39, 0.29) is 32.7 Å². The van der Waals surface area contributed by atoms with Crippen LogP contribution in [-0.4, -0.2) is 37.7 Å². The predicted molar refractivity (Wildman–Crippen MR) is 80.6 cm³/mol. The molecule has 1 heterocycles. The van der Waals surface area contributed by atoms with Crippen LogP contribution in [0.15, 0.2) is 29.9 Å². The standard InChI is InChI=1S/C17H24NO.Y/c1-5-17(15(2)3)9-8-16(4)7-6-10-18-11-13-19-14-12-18;/h5,8,15H,1,10-14H2,2-4H3;/q-1;/b16-8+;. The van der Waals surface area contributed by atoms with Crippen LogP contribution >= 0.6 is 0 Å². The molecule has 1 aliphatic rings. The molecule has 1 aliphatic heterocycles.